The zero-order valence-corrected chi connectivity index (χ0v) is 14.7. The molecule has 12 heteroatoms. The maximum Gasteiger partial charge on any atom is 0.408 e. The Labute approximate surface area is 148 Å². The van der Waals surface area contributed by atoms with Gasteiger partial charge < -0.3 is 24.9 Å². The van der Waals surface area contributed by atoms with E-state index in [1.54, 1.807) is 0 Å². The first-order valence-electron chi connectivity index (χ1n) is 7.49. The summed E-state index contributed by atoms with van der Waals surface area (Å²) in [5.74, 6) is -1.40. The van der Waals surface area contributed by atoms with Gasteiger partial charge in [0.1, 0.15) is 12.1 Å². The molecular formula is C14H19N2O9P. The quantitative estimate of drug-likeness (QED) is 0.278. The van der Waals surface area contributed by atoms with E-state index in [4.69, 9.17) is 19.6 Å². The van der Waals surface area contributed by atoms with Crippen molar-refractivity contribution in [1.82, 2.24) is 5.32 Å². The van der Waals surface area contributed by atoms with Crippen molar-refractivity contribution in [3.05, 3.63) is 39.9 Å². The lowest BCUT2D eigenvalue weighted by Gasteiger charge is -2.18. The number of para-hydroxylation sites is 1. The van der Waals surface area contributed by atoms with Gasteiger partial charge in [0, 0.05) is 12.2 Å². The number of hydrogen-bond donors (Lipinski definition) is 4. The summed E-state index contributed by atoms with van der Waals surface area (Å²) in [5, 5.41) is 22.1. The van der Waals surface area contributed by atoms with Crippen LogP contribution in [0.3, 0.4) is 0 Å². The molecule has 2 atom stereocenters. The molecule has 1 aromatic rings. The molecular weight excluding hydrogens is 371 g/mol. The van der Waals surface area contributed by atoms with E-state index in [1.807, 2.05) is 0 Å². The van der Waals surface area contributed by atoms with E-state index in [0.29, 0.717) is 0 Å². The number of carbonyl (C=O) groups is 2. The minimum atomic E-state index is -4.26. The lowest BCUT2D eigenvalue weighted by atomic mass is 10.1. The number of carboxylic acids is 1. The molecule has 0 unspecified atom stereocenters. The highest BCUT2D eigenvalue weighted by molar-refractivity contribution is 7.51. The number of hydrogen-bond acceptors (Lipinski definition) is 6. The highest BCUT2D eigenvalue weighted by Crippen LogP contribution is 2.35. The van der Waals surface area contributed by atoms with Crippen LogP contribution in [0.2, 0.25) is 0 Å². The van der Waals surface area contributed by atoms with Crippen LogP contribution in [0.1, 0.15) is 31.4 Å². The van der Waals surface area contributed by atoms with Crippen molar-refractivity contribution in [3.63, 3.8) is 0 Å². The predicted molar refractivity (Wildman–Crippen MR) is 88.7 cm³/mol. The Morgan fingerprint density at radius 1 is 1.35 bits per heavy atom. The number of carboxylic acid groups (broad SMARTS) is 1. The number of ether oxygens (including phenoxy) is 1. The molecule has 0 radical (unpaired) electrons. The third kappa shape index (κ3) is 7.18. The number of amides is 1. The molecule has 1 rings (SSSR count). The van der Waals surface area contributed by atoms with Crippen molar-refractivity contribution in [3.8, 4) is 0 Å². The van der Waals surface area contributed by atoms with Crippen LogP contribution in [-0.4, -0.2) is 44.1 Å². The number of alkyl carbamates (subject to hydrolysis) is 1. The molecule has 0 spiro atoms. The van der Waals surface area contributed by atoms with E-state index in [9.17, 15) is 24.3 Å². The third-order valence-corrected chi connectivity index (χ3v) is 4.29. The van der Waals surface area contributed by atoms with Crippen molar-refractivity contribution in [2.24, 2.45) is 0 Å². The highest BCUT2D eigenvalue weighted by atomic mass is 31.2. The van der Waals surface area contributed by atoms with Gasteiger partial charge in [-0.25, -0.2) is 9.59 Å². The van der Waals surface area contributed by atoms with E-state index in [1.165, 1.54) is 31.2 Å². The van der Waals surface area contributed by atoms with E-state index < -0.39 is 42.9 Å². The summed E-state index contributed by atoms with van der Waals surface area (Å²) in [5.41, 5.74) is -0.106. The molecule has 11 nitrogen and oxygen atoms in total. The van der Waals surface area contributed by atoms with Crippen LogP contribution in [0.4, 0.5) is 10.5 Å². The Morgan fingerprint density at radius 2 is 1.96 bits per heavy atom. The van der Waals surface area contributed by atoms with Crippen LogP contribution in [-0.2, 0) is 14.1 Å². The second-order valence-electron chi connectivity index (χ2n) is 5.43. The fourth-order valence-electron chi connectivity index (χ4n) is 2.16. The summed E-state index contributed by atoms with van der Waals surface area (Å²) in [6.45, 7) is 1.39. The Bertz CT molecular complexity index is 718. The molecule has 144 valence electrons. The standard InChI is InChI=1S/C14H19N2O9P/c1-9(10-5-2-3-7-12(10)16(20)21)25-14(19)15-11(13(17)18)6-4-8-26(22,23)24/h2-3,5,7,9,11H,4,6,8H2,1H3,(H,15,19)(H,17,18)(H2,22,23,24)/t9-,11-/m1/s1. The number of nitro benzene ring substituents is 1. The first-order valence-corrected chi connectivity index (χ1v) is 9.29. The number of carbonyl (C=O) groups excluding carboxylic acids is 1. The van der Waals surface area contributed by atoms with Crippen molar-refractivity contribution in [2.75, 3.05) is 6.16 Å². The molecule has 1 aromatic carbocycles. The molecule has 0 heterocycles. The summed E-state index contributed by atoms with van der Waals surface area (Å²) in [7, 11) is -4.26. The molecule has 1 amide bonds. The smallest absolute Gasteiger partial charge is 0.408 e. The summed E-state index contributed by atoms with van der Waals surface area (Å²) in [6, 6.07) is 4.23. The lowest BCUT2D eigenvalue weighted by Crippen LogP contribution is -2.41. The van der Waals surface area contributed by atoms with Crippen molar-refractivity contribution < 1.29 is 38.7 Å². The van der Waals surface area contributed by atoms with Crippen LogP contribution < -0.4 is 5.32 Å². The highest BCUT2D eigenvalue weighted by Gasteiger charge is 2.25. The lowest BCUT2D eigenvalue weighted by molar-refractivity contribution is -0.386. The van der Waals surface area contributed by atoms with E-state index in [-0.39, 0.29) is 24.1 Å². The summed E-state index contributed by atoms with van der Waals surface area (Å²) in [4.78, 5) is 50.9. The molecule has 0 saturated carbocycles. The van der Waals surface area contributed by atoms with Crippen LogP contribution in [0.5, 0.6) is 0 Å². The second-order valence-corrected chi connectivity index (χ2v) is 7.21. The SMILES string of the molecule is C[C@@H](OC(=O)N[C@H](CCCP(=O)(O)O)C(=O)O)c1ccccc1[N+](=O)[O-]. The maximum absolute atomic E-state index is 11.9. The largest absolute Gasteiger partial charge is 0.480 e. The van der Waals surface area contributed by atoms with Crippen LogP contribution in [0, 0.1) is 10.1 Å². The zero-order valence-electron chi connectivity index (χ0n) is 13.8. The van der Waals surface area contributed by atoms with Gasteiger partial charge in [-0.15, -0.1) is 0 Å². The first kappa shape index (κ1) is 21.6. The number of rotatable bonds is 9. The van der Waals surface area contributed by atoms with Crippen molar-refractivity contribution >= 4 is 25.3 Å². The topological polar surface area (TPSA) is 176 Å². The second kappa shape index (κ2) is 9.27. The minimum Gasteiger partial charge on any atom is -0.480 e. The number of nitrogens with one attached hydrogen (secondary N) is 1. The van der Waals surface area contributed by atoms with Crippen LogP contribution >= 0.6 is 7.60 Å². The Morgan fingerprint density at radius 3 is 2.50 bits per heavy atom. The third-order valence-electron chi connectivity index (χ3n) is 3.39. The molecule has 0 saturated heterocycles. The summed E-state index contributed by atoms with van der Waals surface area (Å²) >= 11 is 0. The molecule has 0 aliphatic carbocycles. The molecule has 0 aliphatic rings. The van der Waals surface area contributed by atoms with Gasteiger partial charge in [0.25, 0.3) is 5.69 Å². The van der Waals surface area contributed by atoms with Gasteiger partial charge in [-0.3, -0.25) is 14.7 Å². The fraction of sp³-hybridized carbons (Fsp3) is 0.429. The maximum atomic E-state index is 11.9. The van der Waals surface area contributed by atoms with E-state index >= 15 is 0 Å². The van der Waals surface area contributed by atoms with Gasteiger partial charge in [0.05, 0.1) is 10.5 Å². The van der Waals surface area contributed by atoms with Gasteiger partial charge in [-0.1, -0.05) is 12.1 Å². The number of benzene rings is 1. The average Bonchev–Trinajstić information content (AvgIpc) is 2.52. The number of nitro groups is 1. The van der Waals surface area contributed by atoms with E-state index in [0.717, 1.165) is 0 Å². The molecule has 0 fully saturated rings. The average molecular weight is 390 g/mol. The van der Waals surface area contributed by atoms with Crippen molar-refractivity contribution in [1.29, 1.82) is 0 Å². The van der Waals surface area contributed by atoms with Crippen molar-refractivity contribution in [2.45, 2.75) is 31.9 Å². The summed E-state index contributed by atoms with van der Waals surface area (Å²) in [6.07, 6.45) is -2.98. The fourth-order valence-corrected chi connectivity index (χ4v) is 2.75. The first-order chi connectivity index (χ1) is 12.0. The van der Waals surface area contributed by atoms with Gasteiger partial charge in [-0.2, -0.15) is 0 Å². The van der Waals surface area contributed by atoms with Crippen LogP contribution in [0.15, 0.2) is 24.3 Å². The van der Waals surface area contributed by atoms with E-state index in [2.05, 4.69) is 5.32 Å². The molecule has 26 heavy (non-hydrogen) atoms. The number of aliphatic carboxylic acids is 1. The zero-order chi connectivity index (χ0) is 19.9. The minimum absolute atomic E-state index is 0.124. The Balaban J connectivity index is 2.69. The summed E-state index contributed by atoms with van der Waals surface area (Å²) < 4.78 is 15.8. The van der Waals surface area contributed by atoms with Gasteiger partial charge in [-0.05, 0) is 25.8 Å². The van der Waals surface area contributed by atoms with Gasteiger partial charge in [0.15, 0.2) is 0 Å². The molecule has 0 aliphatic heterocycles. The number of nitrogens with zero attached hydrogens (tertiary/aromatic N) is 1. The Kier molecular flexibility index (Phi) is 7.69. The van der Waals surface area contributed by atoms with Crippen LogP contribution in [0.25, 0.3) is 0 Å². The molecule has 0 aromatic heterocycles. The molecule has 0 bridgehead atoms. The Hall–Kier alpha value is -2.49. The molecule has 4 N–H and O–H groups in total. The monoisotopic (exact) mass is 390 g/mol. The van der Waals surface area contributed by atoms with Gasteiger partial charge in [0.2, 0.25) is 0 Å². The normalized spacial score (nSPS) is 13.5. The van der Waals surface area contributed by atoms with Gasteiger partial charge >= 0.3 is 19.7 Å². The predicted octanol–water partition coefficient (Wildman–Crippen LogP) is 1.79.